The maximum Gasteiger partial charge on any atom is 0.0137 e. The highest BCUT2D eigenvalue weighted by Gasteiger charge is 2.36. The molecule has 2 fully saturated rings. The van der Waals surface area contributed by atoms with Gasteiger partial charge in [0.15, 0.2) is 0 Å². The van der Waals surface area contributed by atoms with Crippen molar-refractivity contribution in [2.75, 3.05) is 39.3 Å². The highest BCUT2D eigenvalue weighted by molar-refractivity contribution is 4.93. The van der Waals surface area contributed by atoms with E-state index in [1.54, 1.807) is 0 Å². The van der Waals surface area contributed by atoms with Gasteiger partial charge in [-0.05, 0) is 52.0 Å². The summed E-state index contributed by atoms with van der Waals surface area (Å²) in [7, 11) is 0. The first-order chi connectivity index (χ1) is 9.35. The summed E-state index contributed by atoms with van der Waals surface area (Å²) in [4.78, 5) is 5.40. The number of hydrogen-bond acceptors (Lipinski definition) is 3. The second kappa shape index (κ2) is 6.76. The van der Waals surface area contributed by atoms with Crippen LogP contribution in [0, 0.1) is 11.8 Å². The normalized spacial score (nSPS) is 29.7. The highest BCUT2D eigenvalue weighted by atomic mass is 15.3. The van der Waals surface area contributed by atoms with Gasteiger partial charge in [-0.1, -0.05) is 13.8 Å². The van der Waals surface area contributed by atoms with Crippen LogP contribution in [-0.2, 0) is 0 Å². The van der Waals surface area contributed by atoms with Crippen LogP contribution in [0.1, 0.15) is 47.5 Å². The molecule has 1 saturated carbocycles. The molecule has 0 amide bonds. The molecule has 0 aromatic rings. The van der Waals surface area contributed by atoms with Crippen LogP contribution in [-0.4, -0.2) is 60.6 Å². The van der Waals surface area contributed by atoms with Gasteiger partial charge in [0.2, 0.25) is 0 Å². The Kier molecular flexibility index (Phi) is 5.49. The molecule has 0 aromatic heterocycles. The molecule has 1 saturated heterocycles. The molecule has 2 atom stereocenters. The smallest absolute Gasteiger partial charge is 0.0137 e. The fraction of sp³-hybridized carbons (Fsp3) is 1.00. The monoisotopic (exact) mass is 281 g/mol. The molecule has 0 radical (unpaired) electrons. The summed E-state index contributed by atoms with van der Waals surface area (Å²) in [5, 5.41) is 3.69. The molecule has 1 aliphatic carbocycles. The van der Waals surface area contributed by atoms with Gasteiger partial charge in [0.25, 0.3) is 0 Å². The number of nitrogens with zero attached hydrogens (tertiary/aromatic N) is 2. The molecule has 3 heteroatoms. The van der Waals surface area contributed by atoms with Crippen LogP contribution in [0.4, 0.5) is 0 Å². The summed E-state index contributed by atoms with van der Waals surface area (Å²) in [6.07, 6.45) is 2.83. The Morgan fingerprint density at radius 3 is 2.15 bits per heavy atom. The Morgan fingerprint density at radius 1 is 1.05 bits per heavy atom. The van der Waals surface area contributed by atoms with Crippen molar-refractivity contribution in [3.05, 3.63) is 0 Å². The predicted octanol–water partition coefficient (Wildman–Crippen LogP) is 2.43. The molecule has 1 heterocycles. The van der Waals surface area contributed by atoms with Crippen LogP contribution >= 0.6 is 0 Å². The topological polar surface area (TPSA) is 18.5 Å². The highest BCUT2D eigenvalue weighted by Crippen LogP contribution is 2.32. The van der Waals surface area contributed by atoms with Crippen molar-refractivity contribution in [2.24, 2.45) is 11.8 Å². The Hall–Kier alpha value is -0.120. The number of nitrogens with one attached hydrogen (secondary N) is 1. The SMILES string of the molecule is CC(C)CN1CCN(C2CCC2CNC(C)(C)C)CC1. The Bertz CT molecular complexity index is 287. The lowest BCUT2D eigenvalue weighted by Crippen LogP contribution is -2.58. The largest absolute Gasteiger partial charge is 0.312 e. The Balaban J connectivity index is 1.71. The molecular weight excluding hydrogens is 246 g/mol. The van der Waals surface area contributed by atoms with Crippen molar-refractivity contribution >= 4 is 0 Å². The third-order valence-electron chi connectivity index (χ3n) is 4.77. The minimum absolute atomic E-state index is 0.260. The molecule has 1 aliphatic heterocycles. The average molecular weight is 281 g/mol. The van der Waals surface area contributed by atoms with Crippen molar-refractivity contribution in [3.63, 3.8) is 0 Å². The molecule has 0 bridgehead atoms. The summed E-state index contributed by atoms with van der Waals surface area (Å²) in [6.45, 7) is 19.0. The van der Waals surface area contributed by atoms with Gasteiger partial charge < -0.3 is 10.2 Å². The van der Waals surface area contributed by atoms with Crippen molar-refractivity contribution in [1.29, 1.82) is 0 Å². The molecule has 20 heavy (non-hydrogen) atoms. The first-order valence-corrected chi connectivity index (χ1v) is 8.56. The van der Waals surface area contributed by atoms with E-state index in [4.69, 9.17) is 0 Å². The van der Waals surface area contributed by atoms with Crippen LogP contribution in [0.25, 0.3) is 0 Å². The first-order valence-electron chi connectivity index (χ1n) is 8.56. The van der Waals surface area contributed by atoms with Gasteiger partial charge in [-0.15, -0.1) is 0 Å². The molecule has 2 unspecified atom stereocenters. The lowest BCUT2D eigenvalue weighted by molar-refractivity contribution is 0.0166. The van der Waals surface area contributed by atoms with Gasteiger partial charge in [-0.3, -0.25) is 4.90 Å². The van der Waals surface area contributed by atoms with E-state index in [-0.39, 0.29) is 5.54 Å². The average Bonchev–Trinajstić information content (AvgIpc) is 2.28. The fourth-order valence-electron chi connectivity index (χ4n) is 3.50. The first kappa shape index (κ1) is 16.3. The summed E-state index contributed by atoms with van der Waals surface area (Å²) >= 11 is 0. The molecule has 118 valence electrons. The maximum atomic E-state index is 3.69. The van der Waals surface area contributed by atoms with E-state index < -0.39 is 0 Å². The van der Waals surface area contributed by atoms with Crippen LogP contribution in [0.2, 0.25) is 0 Å². The zero-order valence-electron chi connectivity index (χ0n) is 14.3. The standard InChI is InChI=1S/C17H35N3/c1-14(2)13-19-8-10-20(11-9-19)16-7-6-15(16)12-18-17(3,4)5/h14-16,18H,6-13H2,1-5H3. The third-order valence-corrected chi connectivity index (χ3v) is 4.77. The van der Waals surface area contributed by atoms with Gasteiger partial charge in [-0.2, -0.15) is 0 Å². The quantitative estimate of drug-likeness (QED) is 0.835. The van der Waals surface area contributed by atoms with E-state index in [1.807, 2.05) is 0 Å². The van der Waals surface area contributed by atoms with E-state index in [0.29, 0.717) is 0 Å². The molecule has 2 aliphatic rings. The third kappa shape index (κ3) is 4.71. The van der Waals surface area contributed by atoms with E-state index in [9.17, 15) is 0 Å². The Morgan fingerprint density at radius 2 is 1.70 bits per heavy atom. The number of rotatable bonds is 5. The summed E-state index contributed by atoms with van der Waals surface area (Å²) in [5.74, 6) is 1.68. The van der Waals surface area contributed by atoms with E-state index >= 15 is 0 Å². The summed E-state index contributed by atoms with van der Waals surface area (Å²) < 4.78 is 0. The number of hydrogen-bond donors (Lipinski definition) is 1. The lowest BCUT2D eigenvalue weighted by atomic mass is 9.77. The minimum Gasteiger partial charge on any atom is -0.312 e. The molecule has 2 rings (SSSR count). The predicted molar refractivity (Wildman–Crippen MR) is 87.1 cm³/mol. The van der Waals surface area contributed by atoms with Gasteiger partial charge in [0.1, 0.15) is 0 Å². The molecule has 3 nitrogen and oxygen atoms in total. The minimum atomic E-state index is 0.260. The second-order valence-electron chi connectivity index (χ2n) is 8.27. The maximum absolute atomic E-state index is 3.69. The van der Waals surface area contributed by atoms with Gasteiger partial charge in [-0.25, -0.2) is 0 Å². The second-order valence-corrected chi connectivity index (χ2v) is 8.27. The van der Waals surface area contributed by atoms with Crippen LogP contribution in [0.3, 0.4) is 0 Å². The van der Waals surface area contributed by atoms with Crippen LogP contribution < -0.4 is 5.32 Å². The van der Waals surface area contributed by atoms with Crippen LogP contribution in [0.15, 0.2) is 0 Å². The van der Waals surface area contributed by atoms with Gasteiger partial charge >= 0.3 is 0 Å². The van der Waals surface area contributed by atoms with Gasteiger partial charge in [0.05, 0.1) is 0 Å². The zero-order chi connectivity index (χ0) is 14.8. The molecule has 0 aromatic carbocycles. The molecule has 1 N–H and O–H groups in total. The Labute approximate surface area is 126 Å². The van der Waals surface area contributed by atoms with Crippen molar-refractivity contribution in [1.82, 2.24) is 15.1 Å². The number of piperazine rings is 1. The lowest BCUT2D eigenvalue weighted by Gasteiger charge is -2.48. The van der Waals surface area contributed by atoms with Crippen molar-refractivity contribution in [2.45, 2.75) is 59.0 Å². The summed E-state index contributed by atoms with van der Waals surface area (Å²) in [5.41, 5.74) is 0.260. The van der Waals surface area contributed by atoms with E-state index in [1.165, 1.54) is 52.1 Å². The summed E-state index contributed by atoms with van der Waals surface area (Å²) in [6, 6.07) is 0.853. The molecular formula is C17H35N3. The van der Waals surface area contributed by atoms with E-state index in [0.717, 1.165) is 17.9 Å². The fourth-order valence-corrected chi connectivity index (χ4v) is 3.50. The van der Waals surface area contributed by atoms with Crippen LogP contribution in [0.5, 0.6) is 0 Å². The van der Waals surface area contributed by atoms with Crippen molar-refractivity contribution < 1.29 is 0 Å². The zero-order valence-corrected chi connectivity index (χ0v) is 14.3. The van der Waals surface area contributed by atoms with Crippen molar-refractivity contribution in [3.8, 4) is 0 Å². The molecule has 0 spiro atoms. The van der Waals surface area contributed by atoms with E-state index in [2.05, 4.69) is 49.7 Å². The van der Waals surface area contributed by atoms with Gasteiger partial charge in [0, 0.05) is 44.3 Å².